The minimum absolute atomic E-state index is 0.156. The molecule has 3 rings (SSSR count). The highest BCUT2D eigenvalue weighted by Gasteiger charge is 2.17. The van der Waals surface area contributed by atoms with Crippen molar-refractivity contribution in [3.8, 4) is 11.5 Å². The van der Waals surface area contributed by atoms with Crippen LogP contribution in [0.5, 0.6) is 0 Å². The zero-order valence-electron chi connectivity index (χ0n) is 8.88. The molecule has 0 unspecified atom stereocenters. The number of halogens is 1. The smallest absolute Gasteiger partial charge is 0.199 e. The number of aryl methyl sites for hydroxylation is 1. The van der Waals surface area contributed by atoms with Gasteiger partial charge in [0.05, 0.1) is 11.0 Å². The fraction of sp³-hybridized carbons (Fsp3) is 0.100. The molecule has 2 heterocycles. The predicted octanol–water partition coefficient (Wildman–Crippen LogP) is 1.34. The zero-order chi connectivity index (χ0) is 12.0. The molecule has 0 aliphatic heterocycles. The topological polar surface area (TPSA) is 82.8 Å². The maximum absolute atomic E-state index is 13.1. The molecule has 86 valence electrons. The largest absolute Gasteiger partial charge is 0.379 e. The van der Waals surface area contributed by atoms with E-state index in [1.807, 2.05) is 0 Å². The molecule has 0 fully saturated rings. The molecule has 0 saturated carbocycles. The quantitative estimate of drug-likeness (QED) is 0.685. The Morgan fingerprint density at radius 3 is 2.88 bits per heavy atom. The summed E-state index contributed by atoms with van der Waals surface area (Å²) in [5.41, 5.74) is 7.26. The van der Waals surface area contributed by atoms with Crippen LogP contribution in [0, 0.1) is 5.82 Å². The maximum Gasteiger partial charge on any atom is 0.199 e. The average Bonchev–Trinajstić information content (AvgIpc) is 2.84. The lowest BCUT2D eigenvalue weighted by molar-refractivity contribution is 0.310. The van der Waals surface area contributed by atoms with E-state index in [-0.39, 0.29) is 11.6 Å². The lowest BCUT2D eigenvalue weighted by Crippen LogP contribution is -1.96. The molecule has 6 nitrogen and oxygen atoms in total. The van der Waals surface area contributed by atoms with Crippen molar-refractivity contribution >= 4 is 16.9 Å². The van der Waals surface area contributed by atoms with Gasteiger partial charge in [0.1, 0.15) is 5.82 Å². The summed E-state index contributed by atoms with van der Waals surface area (Å²) in [6.45, 7) is 0. The van der Waals surface area contributed by atoms with Crippen LogP contribution in [0.4, 0.5) is 10.2 Å². The Morgan fingerprint density at radius 1 is 1.35 bits per heavy atom. The summed E-state index contributed by atoms with van der Waals surface area (Å²) in [6, 6.07) is 4.34. The Labute approximate surface area is 94.8 Å². The van der Waals surface area contributed by atoms with Gasteiger partial charge in [-0.1, -0.05) is 0 Å². The van der Waals surface area contributed by atoms with Crippen molar-refractivity contribution < 1.29 is 9.02 Å². The van der Waals surface area contributed by atoms with Crippen molar-refractivity contribution in [1.82, 2.24) is 19.9 Å². The second-order valence-electron chi connectivity index (χ2n) is 3.63. The van der Waals surface area contributed by atoms with Crippen molar-refractivity contribution in [2.45, 2.75) is 0 Å². The highest BCUT2D eigenvalue weighted by atomic mass is 19.1. The normalized spacial score (nSPS) is 11.2. The number of anilines is 1. The van der Waals surface area contributed by atoms with E-state index in [0.29, 0.717) is 22.6 Å². The van der Waals surface area contributed by atoms with E-state index in [9.17, 15) is 4.39 Å². The number of fused-ring (bicyclic) bond motifs is 1. The number of nitrogens with two attached hydrogens (primary N) is 1. The average molecular weight is 233 g/mol. The fourth-order valence-corrected chi connectivity index (χ4v) is 1.73. The van der Waals surface area contributed by atoms with Crippen molar-refractivity contribution in [2.24, 2.45) is 7.05 Å². The van der Waals surface area contributed by atoms with Crippen LogP contribution in [0.15, 0.2) is 22.8 Å². The Bertz CT molecular complexity index is 702. The third-order valence-corrected chi connectivity index (χ3v) is 2.57. The molecule has 0 bridgehead atoms. The molecule has 3 aromatic rings. The molecule has 0 atom stereocenters. The van der Waals surface area contributed by atoms with E-state index in [0.717, 1.165) is 0 Å². The van der Waals surface area contributed by atoms with Gasteiger partial charge in [-0.15, -0.1) is 0 Å². The summed E-state index contributed by atoms with van der Waals surface area (Å²) >= 11 is 0. The van der Waals surface area contributed by atoms with Crippen molar-refractivity contribution in [1.29, 1.82) is 0 Å². The SMILES string of the molecule is Cn1c(-c2nonc2N)nc2ccc(F)cc21. The first-order valence-corrected chi connectivity index (χ1v) is 4.87. The molecular formula is C10H8FN5O. The van der Waals surface area contributed by atoms with Crippen molar-refractivity contribution in [3.63, 3.8) is 0 Å². The summed E-state index contributed by atoms with van der Waals surface area (Å²) in [4.78, 5) is 4.31. The number of hydrogen-bond acceptors (Lipinski definition) is 5. The monoisotopic (exact) mass is 233 g/mol. The van der Waals surface area contributed by atoms with E-state index in [1.165, 1.54) is 12.1 Å². The minimum Gasteiger partial charge on any atom is -0.379 e. The molecule has 7 heteroatoms. The number of rotatable bonds is 1. The summed E-state index contributed by atoms with van der Waals surface area (Å²) in [5.74, 6) is 0.325. The molecule has 0 aliphatic carbocycles. The number of nitrogens with zero attached hydrogens (tertiary/aromatic N) is 4. The Balaban J connectivity index is 2.32. The van der Waals surface area contributed by atoms with Gasteiger partial charge in [0.2, 0.25) is 0 Å². The van der Waals surface area contributed by atoms with E-state index in [4.69, 9.17) is 5.73 Å². The standard InChI is InChI=1S/C10H8FN5O/c1-16-7-4-5(11)2-3-6(7)13-10(16)8-9(12)15-17-14-8/h2-4H,1H3,(H2,12,15). The van der Waals surface area contributed by atoms with Crippen LogP contribution in [-0.2, 0) is 7.05 Å². The van der Waals surface area contributed by atoms with Gasteiger partial charge in [0, 0.05) is 7.05 Å². The zero-order valence-corrected chi connectivity index (χ0v) is 8.88. The van der Waals surface area contributed by atoms with Crippen LogP contribution in [0.2, 0.25) is 0 Å². The number of hydrogen-bond donors (Lipinski definition) is 1. The van der Waals surface area contributed by atoms with Gasteiger partial charge < -0.3 is 10.3 Å². The third-order valence-electron chi connectivity index (χ3n) is 2.57. The van der Waals surface area contributed by atoms with Crippen LogP contribution < -0.4 is 5.73 Å². The lowest BCUT2D eigenvalue weighted by Gasteiger charge is -1.98. The first kappa shape index (κ1) is 9.76. The molecule has 0 radical (unpaired) electrons. The number of nitrogen functional groups attached to an aromatic ring is 1. The predicted molar refractivity (Wildman–Crippen MR) is 58.4 cm³/mol. The number of aromatic nitrogens is 4. The molecule has 1 aromatic carbocycles. The highest BCUT2D eigenvalue weighted by Crippen LogP contribution is 2.25. The highest BCUT2D eigenvalue weighted by molar-refractivity contribution is 5.81. The number of benzene rings is 1. The van der Waals surface area contributed by atoms with Crippen molar-refractivity contribution in [3.05, 3.63) is 24.0 Å². The number of imidazole rings is 1. The molecule has 0 saturated heterocycles. The Hall–Kier alpha value is -2.44. The summed E-state index contributed by atoms with van der Waals surface area (Å²) in [6.07, 6.45) is 0. The first-order valence-electron chi connectivity index (χ1n) is 4.87. The van der Waals surface area contributed by atoms with Crippen molar-refractivity contribution in [2.75, 3.05) is 5.73 Å². The molecule has 0 amide bonds. The summed E-state index contributed by atoms with van der Waals surface area (Å²) in [7, 11) is 1.75. The van der Waals surface area contributed by atoms with Gasteiger partial charge >= 0.3 is 0 Å². The van der Waals surface area contributed by atoms with Gasteiger partial charge in [0.25, 0.3) is 0 Å². The van der Waals surface area contributed by atoms with E-state index in [2.05, 4.69) is 19.9 Å². The molecule has 17 heavy (non-hydrogen) atoms. The minimum atomic E-state index is -0.321. The Morgan fingerprint density at radius 2 is 2.18 bits per heavy atom. The fourth-order valence-electron chi connectivity index (χ4n) is 1.73. The first-order chi connectivity index (χ1) is 8.16. The van der Waals surface area contributed by atoms with E-state index < -0.39 is 0 Å². The second kappa shape index (κ2) is 3.27. The summed E-state index contributed by atoms with van der Waals surface area (Å²) in [5, 5.41) is 7.16. The van der Waals surface area contributed by atoms with Crippen LogP contribution in [0.1, 0.15) is 0 Å². The lowest BCUT2D eigenvalue weighted by atomic mass is 10.3. The van der Waals surface area contributed by atoms with Crippen LogP contribution in [0.3, 0.4) is 0 Å². The second-order valence-corrected chi connectivity index (χ2v) is 3.63. The maximum atomic E-state index is 13.1. The molecule has 2 aromatic heterocycles. The van der Waals surface area contributed by atoms with Gasteiger partial charge in [-0.25, -0.2) is 14.0 Å². The van der Waals surface area contributed by atoms with Gasteiger partial charge in [-0.2, -0.15) is 0 Å². The van der Waals surface area contributed by atoms with E-state index >= 15 is 0 Å². The van der Waals surface area contributed by atoms with Crippen LogP contribution in [-0.4, -0.2) is 19.9 Å². The third kappa shape index (κ3) is 1.36. The Kier molecular flexibility index (Phi) is 1.88. The molecule has 0 spiro atoms. The van der Waals surface area contributed by atoms with E-state index in [1.54, 1.807) is 17.7 Å². The molecule has 0 aliphatic rings. The van der Waals surface area contributed by atoms with Crippen LogP contribution >= 0.6 is 0 Å². The molecule has 2 N–H and O–H groups in total. The van der Waals surface area contributed by atoms with Gasteiger partial charge in [0.15, 0.2) is 17.3 Å². The molecular weight excluding hydrogens is 225 g/mol. The van der Waals surface area contributed by atoms with Gasteiger partial charge in [-0.05, 0) is 28.5 Å². The summed E-state index contributed by atoms with van der Waals surface area (Å²) < 4.78 is 19.3. The van der Waals surface area contributed by atoms with Crippen LogP contribution in [0.25, 0.3) is 22.6 Å². The van der Waals surface area contributed by atoms with Gasteiger partial charge in [-0.3, -0.25) is 0 Å².